The van der Waals surface area contributed by atoms with Crippen LogP contribution in [0, 0.1) is 11.6 Å². The van der Waals surface area contributed by atoms with Crippen LogP contribution in [0.15, 0.2) is 23.1 Å². The van der Waals surface area contributed by atoms with E-state index in [1.807, 2.05) is 6.92 Å². The zero-order valence-corrected chi connectivity index (χ0v) is 11.5. The van der Waals surface area contributed by atoms with Crippen molar-refractivity contribution >= 4 is 10.0 Å². The van der Waals surface area contributed by atoms with E-state index in [4.69, 9.17) is 0 Å². The number of hydrogen-bond acceptors (Lipinski definition) is 3. The maximum Gasteiger partial charge on any atom is 0.246 e. The highest BCUT2D eigenvalue weighted by atomic mass is 32.2. The first-order valence-corrected chi connectivity index (χ1v) is 7.49. The molecule has 1 N–H and O–H groups in total. The summed E-state index contributed by atoms with van der Waals surface area (Å²) in [6, 6.07) is 2.83. The van der Waals surface area contributed by atoms with Gasteiger partial charge in [-0.1, -0.05) is 6.07 Å². The molecule has 106 valence electrons. The molecule has 1 heterocycles. The molecule has 1 aromatic carbocycles. The third-order valence-corrected chi connectivity index (χ3v) is 5.48. The molecule has 0 amide bonds. The van der Waals surface area contributed by atoms with Gasteiger partial charge in [0.05, 0.1) is 0 Å². The Morgan fingerprint density at radius 1 is 1.32 bits per heavy atom. The van der Waals surface area contributed by atoms with Crippen molar-refractivity contribution in [2.45, 2.75) is 30.8 Å². The van der Waals surface area contributed by atoms with Gasteiger partial charge in [0.15, 0.2) is 11.6 Å². The number of nitrogens with zero attached hydrogens (tertiary/aromatic N) is 1. The second kappa shape index (κ2) is 5.15. The number of rotatable bonds is 2. The molecule has 1 saturated heterocycles. The first kappa shape index (κ1) is 14.4. The van der Waals surface area contributed by atoms with Crippen LogP contribution in [0.5, 0.6) is 0 Å². The van der Waals surface area contributed by atoms with Crippen LogP contribution in [0.25, 0.3) is 0 Å². The number of benzene rings is 1. The van der Waals surface area contributed by atoms with E-state index < -0.39 is 26.6 Å². The maximum atomic E-state index is 13.7. The Hall–Kier alpha value is -1.05. The summed E-state index contributed by atoms with van der Waals surface area (Å²) in [5.74, 6) is -2.47. The molecular weight excluding hydrogens is 274 g/mol. The minimum atomic E-state index is -4.02. The van der Waals surface area contributed by atoms with Gasteiger partial charge in [0, 0.05) is 25.2 Å². The molecule has 7 heteroatoms. The Labute approximate surface area is 111 Å². The quantitative estimate of drug-likeness (QED) is 0.894. The van der Waals surface area contributed by atoms with E-state index in [-0.39, 0.29) is 18.6 Å². The minimum absolute atomic E-state index is 0.0415. The van der Waals surface area contributed by atoms with Crippen LogP contribution >= 0.6 is 0 Å². The highest BCUT2D eigenvalue weighted by molar-refractivity contribution is 7.89. The smallest absolute Gasteiger partial charge is 0.246 e. The van der Waals surface area contributed by atoms with Gasteiger partial charge < -0.3 is 5.32 Å². The largest absolute Gasteiger partial charge is 0.311 e. The van der Waals surface area contributed by atoms with E-state index >= 15 is 0 Å². The molecule has 0 bridgehead atoms. The molecule has 1 aliphatic heterocycles. The van der Waals surface area contributed by atoms with Crippen LogP contribution in [0.4, 0.5) is 8.78 Å². The van der Waals surface area contributed by atoms with E-state index in [1.54, 1.807) is 6.92 Å². The summed E-state index contributed by atoms with van der Waals surface area (Å²) in [6.07, 6.45) is 0. The maximum absolute atomic E-state index is 13.7. The molecule has 0 aliphatic carbocycles. The molecular formula is C12H16F2N2O2S. The predicted octanol–water partition coefficient (Wildman–Crippen LogP) is 1.34. The van der Waals surface area contributed by atoms with Crippen molar-refractivity contribution in [3.05, 3.63) is 29.8 Å². The molecule has 2 atom stereocenters. The number of piperazine rings is 1. The molecule has 0 spiro atoms. The topological polar surface area (TPSA) is 49.4 Å². The summed E-state index contributed by atoms with van der Waals surface area (Å²) in [7, 11) is -4.02. The van der Waals surface area contributed by atoms with Crippen molar-refractivity contribution in [1.82, 2.24) is 9.62 Å². The second-order valence-electron chi connectivity index (χ2n) is 4.65. The molecule has 0 radical (unpaired) electrons. The van der Waals surface area contributed by atoms with Gasteiger partial charge in [-0.2, -0.15) is 4.31 Å². The average Bonchev–Trinajstić information content (AvgIpc) is 2.35. The molecule has 1 fully saturated rings. The lowest BCUT2D eigenvalue weighted by atomic mass is 10.1. The Morgan fingerprint density at radius 2 is 2.00 bits per heavy atom. The van der Waals surface area contributed by atoms with Crippen LogP contribution in [-0.4, -0.2) is 37.9 Å². The summed E-state index contributed by atoms with van der Waals surface area (Å²) in [6.45, 7) is 4.32. The molecule has 1 aliphatic rings. The fourth-order valence-corrected chi connectivity index (χ4v) is 3.95. The van der Waals surface area contributed by atoms with Crippen LogP contribution in [0.3, 0.4) is 0 Å². The van der Waals surface area contributed by atoms with Gasteiger partial charge in [0.2, 0.25) is 10.0 Å². The van der Waals surface area contributed by atoms with Crippen LogP contribution < -0.4 is 5.32 Å². The average molecular weight is 290 g/mol. The van der Waals surface area contributed by atoms with Gasteiger partial charge >= 0.3 is 0 Å². The Balaban J connectivity index is 2.45. The highest BCUT2D eigenvalue weighted by Gasteiger charge is 2.36. The van der Waals surface area contributed by atoms with Gasteiger partial charge in [-0.15, -0.1) is 0 Å². The second-order valence-corrected chi connectivity index (χ2v) is 6.51. The van der Waals surface area contributed by atoms with Gasteiger partial charge in [-0.25, -0.2) is 17.2 Å². The number of sulfonamides is 1. The number of nitrogens with one attached hydrogen (secondary N) is 1. The lowest BCUT2D eigenvalue weighted by Crippen LogP contribution is -2.57. The number of halogens is 2. The molecule has 1 aromatic rings. The predicted molar refractivity (Wildman–Crippen MR) is 67.2 cm³/mol. The van der Waals surface area contributed by atoms with E-state index in [1.165, 1.54) is 10.4 Å². The van der Waals surface area contributed by atoms with Crippen LogP contribution in [0.1, 0.15) is 13.8 Å². The third kappa shape index (κ3) is 2.50. The van der Waals surface area contributed by atoms with Crippen LogP contribution in [-0.2, 0) is 10.0 Å². The number of hydrogen-bond donors (Lipinski definition) is 1. The van der Waals surface area contributed by atoms with Crippen molar-refractivity contribution in [3.63, 3.8) is 0 Å². The van der Waals surface area contributed by atoms with Gasteiger partial charge in [-0.05, 0) is 26.0 Å². The van der Waals surface area contributed by atoms with Gasteiger partial charge in [0.25, 0.3) is 0 Å². The van der Waals surface area contributed by atoms with Crippen molar-refractivity contribution in [3.8, 4) is 0 Å². The lowest BCUT2D eigenvalue weighted by Gasteiger charge is -2.37. The van der Waals surface area contributed by atoms with Crippen LogP contribution in [0.2, 0.25) is 0 Å². The summed E-state index contributed by atoms with van der Waals surface area (Å²) in [5.41, 5.74) is 0. The normalized spacial score (nSPS) is 25.5. The highest BCUT2D eigenvalue weighted by Crippen LogP contribution is 2.24. The molecule has 4 nitrogen and oxygen atoms in total. The molecule has 0 saturated carbocycles. The lowest BCUT2D eigenvalue weighted by molar-refractivity contribution is 0.232. The van der Waals surface area contributed by atoms with E-state index in [2.05, 4.69) is 5.32 Å². The third-order valence-electron chi connectivity index (χ3n) is 3.48. The molecule has 0 aromatic heterocycles. The first-order valence-electron chi connectivity index (χ1n) is 6.05. The zero-order chi connectivity index (χ0) is 14.2. The van der Waals surface area contributed by atoms with Crippen molar-refractivity contribution in [2.75, 3.05) is 13.1 Å². The monoisotopic (exact) mass is 290 g/mol. The van der Waals surface area contributed by atoms with Crippen molar-refractivity contribution in [2.24, 2.45) is 0 Å². The summed E-state index contributed by atoms with van der Waals surface area (Å²) in [5, 5.41) is 3.14. The van der Waals surface area contributed by atoms with E-state index in [0.29, 0.717) is 6.54 Å². The van der Waals surface area contributed by atoms with E-state index in [9.17, 15) is 17.2 Å². The Morgan fingerprint density at radius 3 is 2.68 bits per heavy atom. The SMILES string of the molecule is CC1NCCN(S(=O)(=O)c2cccc(F)c2F)C1C. The standard InChI is InChI=1S/C12H16F2N2O2S/c1-8-9(2)16(7-6-15-8)19(17,18)11-5-3-4-10(13)12(11)14/h3-5,8-9,15H,6-7H2,1-2H3. The molecule has 2 unspecified atom stereocenters. The minimum Gasteiger partial charge on any atom is -0.311 e. The van der Waals surface area contributed by atoms with Gasteiger partial charge in [-0.3, -0.25) is 0 Å². The zero-order valence-electron chi connectivity index (χ0n) is 10.7. The first-order chi connectivity index (χ1) is 8.85. The summed E-state index contributed by atoms with van der Waals surface area (Å²) < 4.78 is 52.9. The fraction of sp³-hybridized carbons (Fsp3) is 0.500. The van der Waals surface area contributed by atoms with Gasteiger partial charge in [0.1, 0.15) is 4.90 Å². The Kier molecular flexibility index (Phi) is 3.89. The van der Waals surface area contributed by atoms with E-state index in [0.717, 1.165) is 12.1 Å². The fourth-order valence-electron chi connectivity index (χ4n) is 2.17. The molecule has 2 rings (SSSR count). The van der Waals surface area contributed by atoms with Crippen molar-refractivity contribution < 1.29 is 17.2 Å². The molecule has 19 heavy (non-hydrogen) atoms. The van der Waals surface area contributed by atoms with Crippen molar-refractivity contribution in [1.29, 1.82) is 0 Å². The Bertz CT molecular complexity index is 577. The summed E-state index contributed by atoms with van der Waals surface area (Å²) >= 11 is 0. The summed E-state index contributed by atoms with van der Waals surface area (Å²) in [4.78, 5) is -0.603.